The summed E-state index contributed by atoms with van der Waals surface area (Å²) < 4.78 is 0. The molecule has 0 amide bonds. The molecular formula is C20H2N8. The maximum absolute atomic E-state index is 9.28. The lowest BCUT2D eigenvalue weighted by Gasteiger charge is -2.13. The lowest BCUT2D eigenvalue weighted by atomic mass is 9.83. The van der Waals surface area contributed by atoms with Crippen molar-refractivity contribution in [3.8, 4) is 73.2 Å². The van der Waals surface area contributed by atoms with Crippen molar-refractivity contribution in [2.75, 3.05) is 0 Å². The van der Waals surface area contributed by atoms with Gasteiger partial charge in [0.15, 0.2) is 0 Å². The zero-order valence-electron chi connectivity index (χ0n) is 13.7. The van der Waals surface area contributed by atoms with Crippen LogP contribution >= 0.6 is 0 Å². The minimum atomic E-state index is -0.795. The van der Waals surface area contributed by atoms with Crippen LogP contribution in [0.2, 0.25) is 0 Å². The Hall–Kier alpha value is -6.00. The minimum absolute atomic E-state index is 0.607. The summed E-state index contributed by atoms with van der Waals surface area (Å²) >= 11 is 0. The first-order chi connectivity index (χ1) is 13.5. The molecule has 0 fully saturated rings. The molecule has 0 aliphatic rings. The molecule has 0 bridgehead atoms. The molecule has 0 unspecified atom stereocenters. The van der Waals surface area contributed by atoms with Gasteiger partial charge < -0.3 is 0 Å². The fourth-order valence-electron chi connectivity index (χ4n) is 1.84. The molecule has 0 spiro atoms. The van der Waals surface area contributed by atoms with Gasteiger partial charge in [0.1, 0.15) is 70.8 Å². The van der Waals surface area contributed by atoms with Crippen molar-refractivity contribution in [2.45, 2.75) is 0 Å². The number of hydrogen-bond donors (Lipinski definition) is 0. The molecule has 0 aliphatic carbocycles. The van der Waals surface area contributed by atoms with Crippen LogP contribution in [0.5, 0.6) is 0 Å². The highest BCUT2D eigenvalue weighted by Gasteiger charge is 2.27. The van der Waals surface area contributed by atoms with Crippen molar-refractivity contribution in [1.29, 1.82) is 42.1 Å². The molecule has 0 heterocycles. The summed E-state index contributed by atoms with van der Waals surface area (Å²) in [6, 6.07) is 11.7. The van der Waals surface area contributed by atoms with E-state index in [0.717, 1.165) is 0 Å². The summed E-state index contributed by atoms with van der Waals surface area (Å²) in [5.74, 6) is 3.91. The van der Waals surface area contributed by atoms with Gasteiger partial charge in [-0.15, -0.1) is 12.8 Å². The smallest absolute Gasteiger partial charge is 0.145 e. The zero-order valence-corrected chi connectivity index (χ0v) is 13.7. The summed E-state index contributed by atoms with van der Waals surface area (Å²) in [7, 11) is 0. The van der Waals surface area contributed by atoms with Gasteiger partial charge in [-0.3, -0.25) is 0 Å². The van der Waals surface area contributed by atoms with Crippen LogP contribution in [0, 0.1) is 115 Å². The summed E-state index contributed by atoms with van der Waals surface area (Å²) in [6.45, 7) is 0. The number of nitriles is 8. The van der Waals surface area contributed by atoms with Crippen molar-refractivity contribution < 1.29 is 0 Å². The highest BCUT2D eigenvalue weighted by Crippen LogP contribution is 2.33. The summed E-state index contributed by atoms with van der Waals surface area (Å²) in [6.07, 6.45) is 10.7. The molecule has 0 aromatic heterocycles. The van der Waals surface area contributed by atoms with Crippen LogP contribution in [0.3, 0.4) is 0 Å². The first-order valence-corrected chi connectivity index (χ1v) is 6.62. The van der Waals surface area contributed by atoms with Crippen LogP contribution in [-0.4, -0.2) is 0 Å². The molecule has 122 valence electrons. The molecule has 0 N–H and O–H groups in total. The van der Waals surface area contributed by atoms with Gasteiger partial charge in [-0.2, -0.15) is 42.1 Å². The Morgan fingerprint density at radius 3 is 0.750 bits per heavy atom. The SMILES string of the molecule is C#CC(=C(C#N)C#N)C(=C(C#N)C#N)C(=C(C#N)C#N)C(C#C)=C(C#N)C#N. The van der Waals surface area contributed by atoms with Crippen LogP contribution < -0.4 is 0 Å². The predicted octanol–water partition coefficient (Wildman–Crippen LogP) is 1.63. The fraction of sp³-hybridized carbons (Fsp3) is 0. The van der Waals surface area contributed by atoms with Gasteiger partial charge in [0.05, 0.1) is 11.1 Å². The van der Waals surface area contributed by atoms with Crippen LogP contribution in [0.15, 0.2) is 44.6 Å². The summed E-state index contributed by atoms with van der Waals surface area (Å²) in [5.41, 5.74) is -5.55. The first-order valence-electron chi connectivity index (χ1n) is 6.62. The summed E-state index contributed by atoms with van der Waals surface area (Å²) in [5, 5.41) is 73.6. The third-order valence-electron chi connectivity index (χ3n) is 2.93. The molecule has 0 atom stereocenters. The van der Waals surface area contributed by atoms with Crippen LogP contribution in [-0.2, 0) is 0 Å². The predicted molar refractivity (Wildman–Crippen MR) is 90.7 cm³/mol. The minimum Gasteiger partial charge on any atom is -0.192 e. The second kappa shape index (κ2) is 10.7. The Balaban J connectivity index is 8.29. The average Bonchev–Trinajstić information content (AvgIpc) is 2.73. The Morgan fingerprint density at radius 1 is 0.393 bits per heavy atom. The van der Waals surface area contributed by atoms with E-state index in [0.29, 0.717) is 0 Å². The van der Waals surface area contributed by atoms with Crippen molar-refractivity contribution in [3.05, 3.63) is 44.6 Å². The monoisotopic (exact) mass is 354 g/mol. The second-order valence-corrected chi connectivity index (χ2v) is 4.18. The standard InChI is InChI=1S/C20H2N8/c1-3-17(13(5-21)6-22)19(15(9-25)10-26)20(16(11-27)12-28)18(4-2)14(7-23)8-24/h1-2H. The van der Waals surface area contributed by atoms with Crippen LogP contribution in [0.25, 0.3) is 0 Å². The normalized spacial score (nSPS) is 6.93. The van der Waals surface area contributed by atoms with Crippen LogP contribution in [0.4, 0.5) is 0 Å². The van der Waals surface area contributed by atoms with Crippen LogP contribution in [0.1, 0.15) is 0 Å². The van der Waals surface area contributed by atoms with E-state index in [4.69, 9.17) is 33.9 Å². The van der Waals surface area contributed by atoms with Crippen molar-refractivity contribution >= 4 is 0 Å². The lowest BCUT2D eigenvalue weighted by molar-refractivity contribution is 1.31. The second-order valence-electron chi connectivity index (χ2n) is 4.18. The largest absolute Gasteiger partial charge is 0.192 e. The van der Waals surface area contributed by atoms with Gasteiger partial charge in [-0.25, -0.2) is 0 Å². The number of rotatable bonds is 3. The third-order valence-corrected chi connectivity index (χ3v) is 2.93. The maximum atomic E-state index is 9.28. The number of terminal acetylenes is 2. The van der Waals surface area contributed by atoms with Gasteiger partial charge >= 0.3 is 0 Å². The van der Waals surface area contributed by atoms with E-state index in [2.05, 4.69) is 0 Å². The lowest BCUT2D eigenvalue weighted by Crippen LogP contribution is -2.06. The molecule has 28 heavy (non-hydrogen) atoms. The Morgan fingerprint density at radius 2 is 0.607 bits per heavy atom. The van der Waals surface area contributed by atoms with Gasteiger partial charge in [0, 0.05) is 11.1 Å². The van der Waals surface area contributed by atoms with E-state index >= 15 is 0 Å². The molecule has 0 aliphatic heterocycles. The molecule has 8 heteroatoms. The molecule has 0 saturated heterocycles. The number of allylic oxidation sites excluding steroid dienone is 8. The van der Waals surface area contributed by atoms with E-state index in [1.54, 1.807) is 0 Å². The highest BCUT2D eigenvalue weighted by molar-refractivity contribution is 5.78. The molecule has 0 rings (SSSR count). The Bertz CT molecular complexity index is 1120. The molecular weight excluding hydrogens is 352 g/mol. The average molecular weight is 354 g/mol. The molecule has 0 saturated carbocycles. The van der Waals surface area contributed by atoms with Crippen molar-refractivity contribution in [3.63, 3.8) is 0 Å². The highest BCUT2D eigenvalue weighted by atomic mass is 14.4. The van der Waals surface area contributed by atoms with Crippen molar-refractivity contribution in [2.24, 2.45) is 0 Å². The van der Waals surface area contributed by atoms with Gasteiger partial charge in [-0.1, -0.05) is 11.8 Å². The number of nitrogens with zero attached hydrogens (tertiary/aromatic N) is 8. The van der Waals surface area contributed by atoms with Gasteiger partial charge in [-0.05, 0) is 0 Å². The van der Waals surface area contributed by atoms with E-state index in [1.165, 1.54) is 48.6 Å². The van der Waals surface area contributed by atoms with Crippen molar-refractivity contribution in [1.82, 2.24) is 0 Å². The topological polar surface area (TPSA) is 190 Å². The third kappa shape index (κ3) is 4.09. The van der Waals surface area contributed by atoms with E-state index < -0.39 is 44.6 Å². The van der Waals surface area contributed by atoms with Gasteiger partial charge in [0.2, 0.25) is 0 Å². The molecule has 8 nitrogen and oxygen atoms in total. The maximum Gasteiger partial charge on any atom is 0.145 e. The first kappa shape index (κ1) is 22.0. The van der Waals surface area contributed by atoms with E-state index in [9.17, 15) is 21.0 Å². The summed E-state index contributed by atoms with van der Waals surface area (Å²) in [4.78, 5) is 0. The van der Waals surface area contributed by atoms with E-state index in [1.807, 2.05) is 11.8 Å². The Labute approximate surface area is 160 Å². The van der Waals surface area contributed by atoms with E-state index in [-0.39, 0.29) is 0 Å². The zero-order chi connectivity index (χ0) is 21.7. The molecule has 0 aromatic carbocycles. The molecule has 0 radical (unpaired) electrons. The quantitative estimate of drug-likeness (QED) is 0.414. The Kier molecular flexibility index (Phi) is 8.42. The number of hydrogen-bond acceptors (Lipinski definition) is 8. The van der Waals surface area contributed by atoms with Gasteiger partial charge in [0.25, 0.3) is 0 Å². The fourth-order valence-corrected chi connectivity index (χ4v) is 1.84. The molecule has 0 aromatic rings.